The predicted molar refractivity (Wildman–Crippen MR) is 72.6 cm³/mol. The smallest absolute Gasteiger partial charge is 0.326 e. The number of sulfonamides is 1. The summed E-state index contributed by atoms with van der Waals surface area (Å²) in [5, 5.41) is 15.6. The van der Waals surface area contributed by atoms with E-state index in [4.69, 9.17) is 5.14 Å². The highest BCUT2D eigenvalue weighted by Crippen LogP contribution is 2.21. The topological polar surface area (TPSA) is 147 Å². The SMILES string of the molecule is CCNC(=O)CC[C@@H](C(=O)O)N1CC(S(N)(=O)=O)CC1=O. The van der Waals surface area contributed by atoms with Crippen LogP contribution in [0, 0.1) is 0 Å². The van der Waals surface area contributed by atoms with Crippen molar-refractivity contribution >= 4 is 27.8 Å². The normalized spacial score (nSPS) is 20.4. The van der Waals surface area contributed by atoms with E-state index in [0.717, 1.165) is 4.90 Å². The van der Waals surface area contributed by atoms with Gasteiger partial charge in [0.15, 0.2) is 0 Å². The summed E-state index contributed by atoms with van der Waals surface area (Å²) in [6, 6.07) is -1.23. The lowest BCUT2D eigenvalue weighted by molar-refractivity contribution is -0.148. The Kier molecular flexibility index (Phi) is 5.67. The van der Waals surface area contributed by atoms with Crippen molar-refractivity contribution in [3.8, 4) is 0 Å². The molecule has 2 amide bonds. The molecule has 0 radical (unpaired) electrons. The molecule has 1 rings (SSSR count). The van der Waals surface area contributed by atoms with Crippen LogP contribution in [0.3, 0.4) is 0 Å². The zero-order valence-electron chi connectivity index (χ0n) is 11.6. The molecule has 4 N–H and O–H groups in total. The Hall–Kier alpha value is -1.68. The zero-order valence-corrected chi connectivity index (χ0v) is 12.4. The molecule has 0 aromatic carbocycles. The molecule has 1 unspecified atom stereocenters. The van der Waals surface area contributed by atoms with Crippen LogP contribution in [-0.4, -0.2) is 60.6 Å². The lowest BCUT2D eigenvalue weighted by atomic mass is 10.1. The van der Waals surface area contributed by atoms with E-state index in [2.05, 4.69) is 5.32 Å². The number of aliphatic carboxylic acids is 1. The molecule has 120 valence electrons. The Morgan fingerprint density at radius 3 is 2.57 bits per heavy atom. The number of nitrogens with one attached hydrogen (secondary N) is 1. The number of primary sulfonamides is 1. The van der Waals surface area contributed by atoms with Crippen molar-refractivity contribution in [1.29, 1.82) is 0 Å². The van der Waals surface area contributed by atoms with Gasteiger partial charge < -0.3 is 15.3 Å². The second-order valence-corrected chi connectivity index (χ2v) is 6.65. The van der Waals surface area contributed by atoms with Gasteiger partial charge in [-0.1, -0.05) is 0 Å². The predicted octanol–water partition coefficient (Wildman–Crippen LogP) is -1.75. The molecular weight excluding hydrogens is 302 g/mol. The highest BCUT2D eigenvalue weighted by molar-refractivity contribution is 7.89. The van der Waals surface area contributed by atoms with Gasteiger partial charge in [0.1, 0.15) is 11.3 Å². The van der Waals surface area contributed by atoms with Crippen LogP contribution >= 0.6 is 0 Å². The summed E-state index contributed by atoms with van der Waals surface area (Å²) in [5.41, 5.74) is 0. The summed E-state index contributed by atoms with van der Waals surface area (Å²) >= 11 is 0. The number of carboxylic acid groups (broad SMARTS) is 1. The molecule has 0 spiro atoms. The zero-order chi connectivity index (χ0) is 16.2. The Morgan fingerprint density at radius 2 is 2.14 bits per heavy atom. The lowest BCUT2D eigenvalue weighted by Gasteiger charge is -2.24. The second kappa shape index (κ2) is 6.85. The number of hydrogen-bond acceptors (Lipinski definition) is 5. The minimum Gasteiger partial charge on any atom is -0.480 e. The first-order valence-corrected chi connectivity index (χ1v) is 8.08. The van der Waals surface area contributed by atoms with E-state index in [9.17, 15) is 27.9 Å². The standard InChI is InChI=1S/C11H19N3O6S/c1-2-13-9(15)4-3-8(11(17)18)14-6-7(5-10(14)16)21(12,19)20/h7-8H,2-6H2,1H3,(H,13,15)(H,17,18)(H2,12,19,20)/t7?,8-/m0/s1. The van der Waals surface area contributed by atoms with E-state index in [0.29, 0.717) is 6.54 Å². The van der Waals surface area contributed by atoms with Gasteiger partial charge in [-0.15, -0.1) is 0 Å². The number of carbonyl (C=O) groups excluding carboxylic acids is 2. The molecule has 1 fully saturated rings. The number of likely N-dealkylation sites (tertiary alicyclic amines) is 1. The molecule has 1 saturated heterocycles. The fourth-order valence-electron chi connectivity index (χ4n) is 2.18. The average Bonchev–Trinajstić information content (AvgIpc) is 2.72. The Morgan fingerprint density at radius 1 is 1.52 bits per heavy atom. The number of rotatable bonds is 7. The maximum absolute atomic E-state index is 11.8. The minimum absolute atomic E-state index is 0.0609. The number of hydrogen-bond donors (Lipinski definition) is 3. The number of nitrogens with zero attached hydrogens (tertiary/aromatic N) is 1. The van der Waals surface area contributed by atoms with Crippen molar-refractivity contribution in [2.75, 3.05) is 13.1 Å². The van der Waals surface area contributed by atoms with Crippen molar-refractivity contribution < 1.29 is 27.9 Å². The van der Waals surface area contributed by atoms with Crippen LogP contribution in [0.2, 0.25) is 0 Å². The van der Waals surface area contributed by atoms with Gasteiger partial charge in [-0.05, 0) is 13.3 Å². The van der Waals surface area contributed by atoms with Crippen LogP contribution in [0.25, 0.3) is 0 Å². The molecule has 2 atom stereocenters. The number of carbonyl (C=O) groups is 3. The molecule has 9 nitrogen and oxygen atoms in total. The average molecular weight is 321 g/mol. The summed E-state index contributed by atoms with van der Waals surface area (Å²) in [4.78, 5) is 35.4. The largest absolute Gasteiger partial charge is 0.480 e. The molecule has 0 aromatic heterocycles. The quantitative estimate of drug-likeness (QED) is 0.506. The summed E-state index contributed by atoms with van der Waals surface area (Å²) in [6.45, 7) is 1.89. The van der Waals surface area contributed by atoms with E-state index < -0.39 is 33.2 Å². The number of amides is 2. The first-order chi connectivity index (χ1) is 9.66. The lowest BCUT2D eigenvalue weighted by Crippen LogP contribution is -2.44. The van der Waals surface area contributed by atoms with Crippen molar-refractivity contribution in [3.63, 3.8) is 0 Å². The molecule has 10 heteroatoms. The van der Waals surface area contributed by atoms with Crippen molar-refractivity contribution in [2.45, 2.75) is 37.5 Å². The summed E-state index contributed by atoms with van der Waals surface area (Å²) in [5.74, 6) is -2.18. The maximum atomic E-state index is 11.8. The van der Waals surface area contributed by atoms with Gasteiger partial charge in [-0.3, -0.25) is 9.59 Å². The summed E-state index contributed by atoms with van der Waals surface area (Å²) < 4.78 is 22.5. The van der Waals surface area contributed by atoms with Crippen LogP contribution in [0.1, 0.15) is 26.2 Å². The highest BCUT2D eigenvalue weighted by Gasteiger charge is 2.41. The number of nitrogens with two attached hydrogens (primary N) is 1. The fraction of sp³-hybridized carbons (Fsp3) is 0.727. The van der Waals surface area contributed by atoms with E-state index >= 15 is 0 Å². The summed E-state index contributed by atoms with van der Waals surface area (Å²) in [6.07, 6.45) is -0.470. The molecule has 1 aliphatic heterocycles. The van der Waals surface area contributed by atoms with E-state index in [1.165, 1.54) is 0 Å². The van der Waals surface area contributed by atoms with E-state index in [1.807, 2.05) is 0 Å². The van der Waals surface area contributed by atoms with Gasteiger partial charge in [-0.25, -0.2) is 18.4 Å². The Bertz CT molecular complexity index is 532. The molecule has 0 aliphatic carbocycles. The summed E-state index contributed by atoms with van der Waals surface area (Å²) in [7, 11) is -3.90. The van der Waals surface area contributed by atoms with Crippen molar-refractivity contribution in [2.24, 2.45) is 5.14 Å². The molecule has 21 heavy (non-hydrogen) atoms. The van der Waals surface area contributed by atoms with Crippen LogP contribution in [-0.2, 0) is 24.4 Å². The fourth-order valence-corrected chi connectivity index (χ4v) is 2.93. The third-order valence-corrected chi connectivity index (χ3v) is 4.51. The minimum atomic E-state index is -3.90. The van der Waals surface area contributed by atoms with Crippen molar-refractivity contribution in [1.82, 2.24) is 10.2 Å². The van der Waals surface area contributed by atoms with Crippen LogP contribution in [0.15, 0.2) is 0 Å². The van der Waals surface area contributed by atoms with Crippen LogP contribution in [0.4, 0.5) is 0 Å². The third-order valence-electron chi connectivity index (χ3n) is 3.27. The maximum Gasteiger partial charge on any atom is 0.326 e. The third kappa shape index (κ3) is 4.67. The van der Waals surface area contributed by atoms with Gasteiger partial charge in [0.25, 0.3) is 0 Å². The molecule has 1 heterocycles. The number of carboxylic acids is 1. The van der Waals surface area contributed by atoms with Gasteiger partial charge in [0, 0.05) is 25.9 Å². The highest BCUT2D eigenvalue weighted by atomic mass is 32.2. The van der Waals surface area contributed by atoms with Crippen LogP contribution < -0.4 is 10.5 Å². The van der Waals surface area contributed by atoms with Gasteiger partial charge >= 0.3 is 5.97 Å². The molecular formula is C11H19N3O6S. The van der Waals surface area contributed by atoms with Gasteiger partial charge in [0.05, 0.1) is 0 Å². The molecule has 0 bridgehead atoms. The van der Waals surface area contributed by atoms with Gasteiger partial charge in [-0.2, -0.15) is 0 Å². The molecule has 0 saturated carbocycles. The molecule has 1 aliphatic rings. The first-order valence-electron chi connectivity index (χ1n) is 6.47. The van der Waals surface area contributed by atoms with E-state index in [-0.39, 0.29) is 31.7 Å². The monoisotopic (exact) mass is 321 g/mol. The second-order valence-electron chi connectivity index (χ2n) is 4.81. The first kappa shape index (κ1) is 17.4. The van der Waals surface area contributed by atoms with Crippen LogP contribution in [0.5, 0.6) is 0 Å². The Labute approximate surface area is 122 Å². The van der Waals surface area contributed by atoms with E-state index in [1.54, 1.807) is 6.92 Å². The van der Waals surface area contributed by atoms with Crippen molar-refractivity contribution in [3.05, 3.63) is 0 Å². The Balaban J connectivity index is 2.75. The molecule has 0 aromatic rings. The van der Waals surface area contributed by atoms with Gasteiger partial charge in [0.2, 0.25) is 21.8 Å².